The van der Waals surface area contributed by atoms with Crippen LogP contribution in [-0.2, 0) is 19.5 Å². The molecule has 4 nitrogen and oxygen atoms in total. The maximum atomic E-state index is 5.70. The van der Waals surface area contributed by atoms with Gasteiger partial charge in [0.05, 0.1) is 6.54 Å². The number of rotatable bonds is 5. The molecule has 0 aliphatic heterocycles. The van der Waals surface area contributed by atoms with Crippen molar-refractivity contribution in [2.75, 3.05) is 0 Å². The molecule has 1 aromatic heterocycles. The highest BCUT2D eigenvalue weighted by Gasteiger charge is 2.16. The second kappa shape index (κ2) is 5.63. The molecule has 0 aromatic carbocycles. The van der Waals surface area contributed by atoms with Crippen molar-refractivity contribution in [1.29, 1.82) is 0 Å². The molecule has 0 saturated heterocycles. The van der Waals surface area contributed by atoms with Crippen molar-refractivity contribution >= 4 is 0 Å². The molecule has 1 heterocycles. The number of nitrogens with two attached hydrogens (primary N) is 1. The Balaban J connectivity index is 2.80. The van der Waals surface area contributed by atoms with Crippen LogP contribution in [-0.4, -0.2) is 14.8 Å². The number of aromatic nitrogens is 3. The standard InChI is InChI=1S/C13H26N4/c1-10(2)9-17-11(6-7-13(3,4)5)15-16-12(17)8-14/h10H,6-9,14H2,1-5H3. The largest absolute Gasteiger partial charge is 0.324 e. The molecular formula is C13H26N4. The van der Waals surface area contributed by atoms with Crippen molar-refractivity contribution in [3.63, 3.8) is 0 Å². The van der Waals surface area contributed by atoms with E-state index in [-0.39, 0.29) is 0 Å². The van der Waals surface area contributed by atoms with Gasteiger partial charge in [0, 0.05) is 13.0 Å². The normalized spacial score (nSPS) is 12.4. The predicted molar refractivity (Wildman–Crippen MR) is 70.5 cm³/mol. The van der Waals surface area contributed by atoms with Crippen LogP contribution in [0.1, 0.15) is 52.7 Å². The lowest BCUT2D eigenvalue weighted by Crippen LogP contribution is -2.16. The van der Waals surface area contributed by atoms with Crippen LogP contribution in [0.3, 0.4) is 0 Å². The van der Waals surface area contributed by atoms with E-state index in [1.807, 2.05) is 0 Å². The monoisotopic (exact) mass is 238 g/mol. The Morgan fingerprint density at radius 3 is 2.24 bits per heavy atom. The van der Waals surface area contributed by atoms with Crippen LogP contribution in [0.25, 0.3) is 0 Å². The number of nitrogens with zero attached hydrogens (tertiary/aromatic N) is 3. The maximum absolute atomic E-state index is 5.70. The zero-order valence-corrected chi connectivity index (χ0v) is 11.8. The summed E-state index contributed by atoms with van der Waals surface area (Å²) in [4.78, 5) is 0. The van der Waals surface area contributed by atoms with Crippen LogP contribution in [0.5, 0.6) is 0 Å². The highest BCUT2D eigenvalue weighted by atomic mass is 15.3. The summed E-state index contributed by atoms with van der Waals surface area (Å²) in [6.07, 6.45) is 2.09. The van der Waals surface area contributed by atoms with Gasteiger partial charge in [-0.1, -0.05) is 34.6 Å². The van der Waals surface area contributed by atoms with Crippen molar-refractivity contribution in [3.8, 4) is 0 Å². The molecule has 0 aliphatic rings. The van der Waals surface area contributed by atoms with E-state index in [4.69, 9.17) is 5.73 Å². The quantitative estimate of drug-likeness (QED) is 0.856. The fraction of sp³-hybridized carbons (Fsp3) is 0.846. The highest BCUT2D eigenvalue weighted by molar-refractivity contribution is 4.97. The molecule has 98 valence electrons. The first-order valence-corrected chi connectivity index (χ1v) is 6.44. The van der Waals surface area contributed by atoms with E-state index in [1.165, 1.54) is 0 Å². The Kier molecular flexibility index (Phi) is 4.69. The second-order valence-corrected chi connectivity index (χ2v) is 6.30. The minimum absolute atomic E-state index is 0.331. The van der Waals surface area contributed by atoms with E-state index in [9.17, 15) is 0 Å². The van der Waals surface area contributed by atoms with Crippen LogP contribution >= 0.6 is 0 Å². The van der Waals surface area contributed by atoms with E-state index in [0.29, 0.717) is 17.9 Å². The summed E-state index contributed by atoms with van der Waals surface area (Å²) in [7, 11) is 0. The third kappa shape index (κ3) is 4.46. The fourth-order valence-corrected chi connectivity index (χ4v) is 1.77. The van der Waals surface area contributed by atoms with Gasteiger partial charge in [0.2, 0.25) is 0 Å². The van der Waals surface area contributed by atoms with Crippen LogP contribution < -0.4 is 5.73 Å². The van der Waals surface area contributed by atoms with Gasteiger partial charge >= 0.3 is 0 Å². The second-order valence-electron chi connectivity index (χ2n) is 6.30. The van der Waals surface area contributed by atoms with E-state index in [1.54, 1.807) is 0 Å². The average molecular weight is 238 g/mol. The molecule has 0 bridgehead atoms. The zero-order valence-electron chi connectivity index (χ0n) is 11.8. The van der Waals surface area contributed by atoms with Crippen molar-refractivity contribution in [2.45, 2.75) is 60.5 Å². The molecule has 0 unspecified atom stereocenters. The van der Waals surface area contributed by atoms with Crippen molar-refractivity contribution in [1.82, 2.24) is 14.8 Å². The van der Waals surface area contributed by atoms with Gasteiger partial charge in [0.25, 0.3) is 0 Å². The molecule has 0 amide bonds. The minimum atomic E-state index is 0.331. The summed E-state index contributed by atoms with van der Waals surface area (Å²) >= 11 is 0. The Hall–Kier alpha value is -0.900. The lowest BCUT2D eigenvalue weighted by atomic mass is 9.90. The summed E-state index contributed by atoms with van der Waals surface area (Å²) in [6.45, 7) is 12.6. The van der Waals surface area contributed by atoms with Crippen LogP contribution in [0.15, 0.2) is 0 Å². The summed E-state index contributed by atoms with van der Waals surface area (Å²) in [5.74, 6) is 2.57. The minimum Gasteiger partial charge on any atom is -0.324 e. The molecule has 1 aromatic rings. The summed E-state index contributed by atoms with van der Waals surface area (Å²) in [5, 5.41) is 8.45. The van der Waals surface area contributed by atoms with E-state index in [0.717, 1.165) is 31.0 Å². The molecule has 0 radical (unpaired) electrons. The molecule has 0 aliphatic carbocycles. The first-order valence-electron chi connectivity index (χ1n) is 6.44. The third-order valence-corrected chi connectivity index (χ3v) is 2.73. The Morgan fingerprint density at radius 2 is 1.76 bits per heavy atom. The van der Waals surface area contributed by atoms with Crippen molar-refractivity contribution < 1.29 is 0 Å². The van der Waals surface area contributed by atoms with Crippen LogP contribution in [0, 0.1) is 11.3 Å². The molecule has 0 saturated carbocycles. The van der Waals surface area contributed by atoms with Crippen LogP contribution in [0.4, 0.5) is 0 Å². The fourth-order valence-electron chi connectivity index (χ4n) is 1.77. The average Bonchev–Trinajstić information content (AvgIpc) is 2.55. The van der Waals surface area contributed by atoms with Gasteiger partial charge in [-0.05, 0) is 17.8 Å². The summed E-state index contributed by atoms with van der Waals surface area (Å²) < 4.78 is 2.19. The van der Waals surface area contributed by atoms with Gasteiger partial charge in [-0.15, -0.1) is 10.2 Å². The summed E-state index contributed by atoms with van der Waals surface area (Å²) in [5.41, 5.74) is 6.03. The topological polar surface area (TPSA) is 56.7 Å². The van der Waals surface area contributed by atoms with Crippen molar-refractivity contribution in [2.24, 2.45) is 17.1 Å². The molecule has 17 heavy (non-hydrogen) atoms. The maximum Gasteiger partial charge on any atom is 0.146 e. The summed E-state index contributed by atoms with van der Waals surface area (Å²) in [6, 6.07) is 0. The van der Waals surface area contributed by atoms with E-state index < -0.39 is 0 Å². The van der Waals surface area contributed by atoms with E-state index in [2.05, 4.69) is 49.4 Å². The molecule has 0 atom stereocenters. The molecule has 4 heteroatoms. The lowest BCUT2D eigenvalue weighted by molar-refractivity contribution is 0.368. The Bertz CT molecular complexity index is 347. The SMILES string of the molecule is CC(C)Cn1c(CN)nnc1CCC(C)(C)C. The zero-order chi connectivity index (χ0) is 13.1. The smallest absolute Gasteiger partial charge is 0.146 e. The van der Waals surface area contributed by atoms with Gasteiger partial charge in [-0.2, -0.15) is 0 Å². The van der Waals surface area contributed by atoms with Gasteiger partial charge in [-0.3, -0.25) is 0 Å². The van der Waals surface area contributed by atoms with Gasteiger partial charge in [-0.25, -0.2) is 0 Å². The predicted octanol–water partition coefficient (Wildman–Crippen LogP) is 2.37. The lowest BCUT2D eigenvalue weighted by Gasteiger charge is -2.18. The van der Waals surface area contributed by atoms with Gasteiger partial charge in [0.1, 0.15) is 11.6 Å². The Morgan fingerprint density at radius 1 is 1.18 bits per heavy atom. The first kappa shape index (κ1) is 14.2. The molecule has 2 N–H and O–H groups in total. The molecule has 0 spiro atoms. The number of aryl methyl sites for hydroxylation is 1. The molecule has 0 fully saturated rings. The van der Waals surface area contributed by atoms with Gasteiger partial charge < -0.3 is 10.3 Å². The molecule has 1 rings (SSSR count). The van der Waals surface area contributed by atoms with Gasteiger partial charge in [0.15, 0.2) is 0 Å². The van der Waals surface area contributed by atoms with E-state index >= 15 is 0 Å². The molecular weight excluding hydrogens is 212 g/mol. The first-order chi connectivity index (χ1) is 7.83. The number of hydrogen-bond acceptors (Lipinski definition) is 3. The third-order valence-electron chi connectivity index (χ3n) is 2.73. The van der Waals surface area contributed by atoms with Crippen molar-refractivity contribution in [3.05, 3.63) is 11.6 Å². The Labute approximate surface area is 105 Å². The number of hydrogen-bond donors (Lipinski definition) is 1. The van der Waals surface area contributed by atoms with Crippen LogP contribution in [0.2, 0.25) is 0 Å². The highest BCUT2D eigenvalue weighted by Crippen LogP contribution is 2.21.